The lowest BCUT2D eigenvalue weighted by atomic mass is 9.74. The van der Waals surface area contributed by atoms with Crippen LogP contribution in [0, 0.1) is 10.1 Å². The van der Waals surface area contributed by atoms with Crippen LogP contribution in [-0.4, -0.2) is 31.5 Å². The molecule has 10 heteroatoms. The average Bonchev–Trinajstić information content (AvgIpc) is 3.20. The molecule has 1 N–H and O–H groups in total. The topological polar surface area (TPSA) is 82.9 Å². The van der Waals surface area contributed by atoms with Gasteiger partial charge in [0, 0.05) is 43.0 Å². The predicted octanol–water partition coefficient (Wildman–Crippen LogP) is 4.50. The second-order valence-corrected chi connectivity index (χ2v) is 7.30. The minimum Gasteiger partial charge on any atom is -0.454 e. The standard InChI is InChI=1S/C20H19F3N2O5/c21-20(22,23)15-10-14(25(26)27)2-3-16(15)24-11-19(5-7-28-8-6-19)13-1-4-17-18(9-13)30-12-29-17/h1-4,9-10,24H,5-8,11-12H2. The van der Waals surface area contributed by atoms with Crippen molar-refractivity contribution in [2.45, 2.75) is 24.4 Å². The van der Waals surface area contributed by atoms with Gasteiger partial charge in [0.05, 0.1) is 10.5 Å². The Morgan fingerprint density at radius 1 is 1.07 bits per heavy atom. The van der Waals surface area contributed by atoms with E-state index in [4.69, 9.17) is 14.2 Å². The maximum Gasteiger partial charge on any atom is 0.418 e. The normalized spacial score (nSPS) is 17.6. The quantitative estimate of drug-likeness (QED) is 0.562. The Morgan fingerprint density at radius 3 is 2.50 bits per heavy atom. The molecule has 7 nitrogen and oxygen atoms in total. The molecule has 2 aliphatic heterocycles. The third-order valence-electron chi connectivity index (χ3n) is 5.57. The number of anilines is 1. The lowest BCUT2D eigenvalue weighted by Gasteiger charge is -2.38. The summed E-state index contributed by atoms with van der Waals surface area (Å²) >= 11 is 0. The molecule has 0 unspecified atom stereocenters. The van der Waals surface area contributed by atoms with Crippen LogP contribution in [0.4, 0.5) is 24.5 Å². The minimum atomic E-state index is -4.73. The maximum absolute atomic E-state index is 13.5. The second-order valence-electron chi connectivity index (χ2n) is 7.30. The Kier molecular flexibility index (Phi) is 5.19. The molecule has 0 aliphatic carbocycles. The summed E-state index contributed by atoms with van der Waals surface area (Å²) in [6.45, 7) is 1.28. The Morgan fingerprint density at radius 2 is 1.80 bits per heavy atom. The Hall–Kier alpha value is -3.01. The molecule has 1 fully saturated rings. The molecule has 0 bridgehead atoms. The highest BCUT2D eigenvalue weighted by Crippen LogP contribution is 2.42. The van der Waals surface area contributed by atoms with Crippen molar-refractivity contribution >= 4 is 11.4 Å². The summed E-state index contributed by atoms with van der Waals surface area (Å²) in [5.74, 6) is 1.23. The molecular formula is C20H19F3N2O5. The van der Waals surface area contributed by atoms with E-state index < -0.39 is 27.8 Å². The van der Waals surface area contributed by atoms with Crippen molar-refractivity contribution < 1.29 is 32.3 Å². The van der Waals surface area contributed by atoms with Gasteiger partial charge >= 0.3 is 6.18 Å². The zero-order valence-corrected chi connectivity index (χ0v) is 15.8. The first-order valence-electron chi connectivity index (χ1n) is 9.36. The van der Waals surface area contributed by atoms with E-state index in [9.17, 15) is 23.3 Å². The third-order valence-corrected chi connectivity index (χ3v) is 5.57. The van der Waals surface area contributed by atoms with E-state index in [-0.39, 0.29) is 19.0 Å². The van der Waals surface area contributed by atoms with Gasteiger partial charge in [-0.2, -0.15) is 13.2 Å². The highest BCUT2D eigenvalue weighted by molar-refractivity contribution is 5.58. The molecule has 2 heterocycles. The molecule has 2 aliphatic rings. The zero-order chi connectivity index (χ0) is 21.4. The van der Waals surface area contributed by atoms with Gasteiger partial charge in [-0.3, -0.25) is 10.1 Å². The fourth-order valence-electron chi connectivity index (χ4n) is 3.85. The number of fused-ring (bicyclic) bond motifs is 1. The van der Waals surface area contributed by atoms with Crippen LogP contribution in [0.5, 0.6) is 11.5 Å². The van der Waals surface area contributed by atoms with Gasteiger partial charge in [0.2, 0.25) is 6.79 Å². The number of rotatable bonds is 5. The molecule has 0 saturated carbocycles. The molecule has 4 rings (SSSR count). The lowest BCUT2D eigenvalue weighted by Crippen LogP contribution is -2.40. The number of ether oxygens (including phenoxy) is 3. The van der Waals surface area contributed by atoms with E-state index in [0.717, 1.165) is 17.7 Å². The smallest absolute Gasteiger partial charge is 0.418 e. The Bertz CT molecular complexity index is 958. The molecule has 0 radical (unpaired) electrons. The first-order valence-corrected chi connectivity index (χ1v) is 9.36. The summed E-state index contributed by atoms with van der Waals surface area (Å²) < 4.78 is 56.8. The second kappa shape index (κ2) is 7.67. The first-order chi connectivity index (χ1) is 14.3. The van der Waals surface area contributed by atoms with Crippen LogP contribution in [0.3, 0.4) is 0 Å². The third kappa shape index (κ3) is 3.87. The molecule has 0 atom stereocenters. The van der Waals surface area contributed by atoms with Crippen molar-refractivity contribution in [1.29, 1.82) is 0 Å². The molecule has 0 spiro atoms. The van der Waals surface area contributed by atoms with Crippen LogP contribution in [-0.2, 0) is 16.3 Å². The van der Waals surface area contributed by atoms with E-state index in [0.29, 0.717) is 43.6 Å². The number of nitro benzene ring substituents is 1. The fourth-order valence-corrected chi connectivity index (χ4v) is 3.85. The summed E-state index contributed by atoms with van der Waals surface area (Å²) in [7, 11) is 0. The van der Waals surface area contributed by atoms with Gasteiger partial charge in [-0.15, -0.1) is 0 Å². The average molecular weight is 424 g/mol. The number of nitro groups is 1. The van der Waals surface area contributed by atoms with Crippen molar-refractivity contribution in [1.82, 2.24) is 0 Å². The molecule has 1 saturated heterocycles. The van der Waals surface area contributed by atoms with Gasteiger partial charge in [-0.05, 0) is 36.6 Å². The summed E-state index contributed by atoms with van der Waals surface area (Å²) in [4.78, 5) is 10.1. The van der Waals surface area contributed by atoms with Crippen LogP contribution in [0.2, 0.25) is 0 Å². The highest BCUT2D eigenvalue weighted by Gasteiger charge is 2.38. The highest BCUT2D eigenvalue weighted by atomic mass is 19.4. The minimum absolute atomic E-state index is 0.130. The summed E-state index contributed by atoms with van der Waals surface area (Å²) in [5.41, 5.74) is -1.43. The summed E-state index contributed by atoms with van der Waals surface area (Å²) in [6.07, 6.45) is -3.52. The fraction of sp³-hybridized carbons (Fsp3) is 0.400. The molecule has 2 aromatic carbocycles. The van der Waals surface area contributed by atoms with E-state index in [1.807, 2.05) is 12.1 Å². The van der Waals surface area contributed by atoms with E-state index in [1.54, 1.807) is 6.07 Å². The summed E-state index contributed by atoms with van der Waals surface area (Å²) in [5, 5.41) is 13.8. The number of benzene rings is 2. The SMILES string of the molecule is O=[N+]([O-])c1ccc(NCC2(c3ccc4c(c3)OCO4)CCOCC2)c(C(F)(F)F)c1. The van der Waals surface area contributed by atoms with Crippen molar-refractivity contribution in [3.63, 3.8) is 0 Å². The van der Waals surface area contributed by atoms with Gasteiger partial charge in [-0.1, -0.05) is 6.07 Å². The van der Waals surface area contributed by atoms with Gasteiger partial charge in [0.25, 0.3) is 5.69 Å². The van der Waals surface area contributed by atoms with Gasteiger partial charge < -0.3 is 19.5 Å². The Labute approximate surface area is 169 Å². The van der Waals surface area contributed by atoms with Crippen molar-refractivity contribution in [2.24, 2.45) is 0 Å². The molecule has 0 aromatic heterocycles. The predicted molar refractivity (Wildman–Crippen MR) is 101 cm³/mol. The van der Waals surface area contributed by atoms with Gasteiger partial charge in [0.1, 0.15) is 0 Å². The van der Waals surface area contributed by atoms with E-state index >= 15 is 0 Å². The largest absolute Gasteiger partial charge is 0.454 e. The first kappa shape index (κ1) is 20.3. The number of nitrogens with zero attached hydrogens (tertiary/aromatic N) is 1. The lowest BCUT2D eigenvalue weighted by molar-refractivity contribution is -0.385. The van der Waals surface area contributed by atoms with Crippen molar-refractivity contribution in [3.8, 4) is 11.5 Å². The van der Waals surface area contributed by atoms with Crippen LogP contribution in [0.15, 0.2) is 36.4 Å². The molecule has 0 amide bonds. The number of hydrogen-bond donors (Lipinski definition) is 1. The van der Waals surface area contributed by atoms with Gasteiger partial charge in [-0.25, -0.2) is 0 Å². The maximum atomic E-state index is 13.5. The number of hydrogen-bond acceptors (Lipinski definition) is 6. The number of nitrogens with one attached hydrogen (secondary N) is 1. The number of alkyl halides is 3. The van der Waals surface area contributed by atoms with E-state index in [1.165, 1.54) is 0 Å². The van der Waals surface area contributed by atoms with Crippen LogP contribution in [0.1, 0.15) is 24.0 Å². The van der Waals surface area contributed by atoms with Crippen molar-refractivity contribution in [3.05, 3.63) is 57.6 Å². The van der Waals surface area contributed by atoms with Crippen molar-refractivity contribution in [2.75, 3.05) is 31.9 Å². The van der Waals surface area contributed by atoms with Crippen LogP contribution >= 0.6 is 0 Å². The molecular weight excluding hydrogens is 405 g/mol. The number of non-ortho nitro benzene ring substituents is 1. The van der Waals surface area contributed by atoms with Gasteiger partial charge in [0.15, 0.2) is 11.5 Å². The number of halogens is 3. The molecule has 160 valence electrons. The Balaban J connectivity index is 1.65. The monoisotopic (exact) mass is 424 g/mol. The molecule has 2 aromatic rings. The van der Waals surface area contributed by atoms with Crippen LogP contribution in [0.25, 0.3) is 0 Å². The zero-order valence-electron chi connectivity index (χ0n) is 15.8. The molecule has 30 heavy (non-hydrogen) atoms. The summed E-state index contributed by atoms with van der Waals surface area (Å²) in [6, 6.07) is 8.26. The van der Waals surface area contributed by atoms with Crippen LogP contribution < -0.4 is 14.8 Å². The van der Waals surface area contributed by atoms with E-state index in [2.05, 4.69) is 5.32 Å².